The molecule has 1 aliphatic rings. The van der Waals surface area contributed by atoms with Gasteiger partial charge in [0.15, 0.2) is 0 Å². The molecule has 1 heterocycles. The molecule has 4 N–H and O–H groups in total. The van der Waals surface area contributed by atoms with Crippen molar-refractivity contribution in [3.05, 3.63) is 12.4 Å². The molecule has 1 aliphatic carbocycles. The van der Waals surface area contributed by atoms with Gasteiger partial charge in [0, 0.05) is 6.20 Å². The van der Waals surface area contributed by atoms with Gasteiger partial charge in [-0.1, -0.05) is 19.8 Å². The summed E-state index contributed by atoms with van der Waals surface area (Å²) in [5, 5.41) is 16.6. The number of carbonyl (C=O) groups is 1. The number of hydrogen-bond donors (Lipinski definition) is 3. The Morgan fingerprint density at radius 2 is 2.53 bits per heavy atom. The number of nitrogens with two attached hydrogens (primary N) is 1. The Kier molecular flexibility index (Phi) is 4.09. The van der Waals surface area contributed by atoms with E-state index in [1.54, 1.807) is 6.20 Å². The van der Waals surface area contributed by atoms with Crippen LogP contribution in [0.5, 0.6) is 0 Å². The van der Waals surface area contributed by atoms with Gasteiger partial charge in [-0.25, -0.2) is 0 Å². The summed E-state index contributed by atoms with van der Waals surface area (Å²) < 4.78 is 1.50. The number of hydrogen-bond acceptors (Lipinski definition) is 4. The lowest BCUT2D eigenvalue weighted by atomic mass is 9.77. The van der Waals surface area contributed by atoms with Gasteiger partial charge in [-0.3, -0.25) is 9.48 Å². The number of aliphatic hydroxyl groups is 1. The van der Waals surface area contributed by atoms with Crippen LogP contribution in [0.1, 0.15) is 32.6 Å². The second-order valence-electron chi connectivity index (χ2n) is 5.66. The molecule has 1 aromatic heterocycles. The number of nitrogens with zero attached hydrogens (tertiary/aromatic N) is 2. The van der Waals surface area contributed by atoms with Crippen molar-refractivity contribution in [1.82, 2.24) is 15.1 Å². The molecular weight excluding hydrogens is 244 g/mol. The highest BCUT2D eigenvalue weighted by Gasteiger charge is 2.35. The third-order valence-electron chi connectivity index (χ3n) is 3.76. The summed E-state index contributed by atoms with van der Waals surface area (Å²) in [4.78, 5) is 12.0. The van der Waals surface area contributed by atoms with Gasteiger partial charge in [-0.15, -0.1) is 0 Å². The van der Waals surface area contributed by atoms with Crippen LogP contribution in [0.2, 0.25) is 0 Å². The van der Waals surface area contributed by atoms with Crippen molar-refractivity contribution in [3.8, 4) is 0 Å². The normalized spacial score (nSPS) is 27.2. The van der Waals surface area contributed by atoms with E-state index in [2.05, 4.69) is 17.3 Å². The number of nitrogen functional groups attached to an aromatic ring is 1. The second-order valence-corrected chi connectivity index (χ2v) is 5.66. The Morgan fingerprint density at radius 3 is 3.11 bits per heavy atom. The molecule has 0 spiro atoms. The van der Waals surface area contributed by atoms with E-state index >= 15 is 0 Å². The van der Waals surface area contributed by atoms with E-state index in [0.29, 0.717) is 11.6 Å². The van der Waals surface area contributed by atoms with Gasteiger partial charge >= 0.3 is 0 Å². The van der Waals surface area contributed by atoms with E-state index < -0.39 is 5.54 Å². The Hall–Kier alpha value is -1.56. The molecule has 106 valence electrons. The fourth-order valence-electron chi connectivity index (χ4n) is 2.91. The van der Waals surface area contributed by atoms with E-state index in [-0.39, 0.29) is 19.1 Å². The van der Waals surface area contributed by atoms with Crippen LogP contribution in [0.25, 0.3) is 0 Å². The average molecular weight is 266 g/mol. The molecule has 1 saturated carbocycles. The Labute approximate surface area is 113 Å². The summed E-state index contributed by atoms with van der Waals surface area (Å²) in [6.45, 7) is 2.28. The monoisotopic (exact) mass is 266 g/mol. The molecule has 6 nitrogen and oxygen atoms in total. The molecule has 0 bridgehead atoms. The number of anilines is 1. The molecule has 2 atom stereocenters. The lowest BCUT2D eigenvalue weighted by Gasteiger charge is -2.39. The maximum atomic E-state index is 12.0. The minimum Gasteiger partial charge on any atom is -0.396 e. The molecule has 1 fully saturated rings. The van der Waals surface area contributed by atoms with Crippen LogP contribution in [-0.4, -0.2) is 32.9 Å². The summed E-state index contributed by atoms with van der Waals surface area (Å²) in [5.41, 5.74) is 5.63. The van der Waals surface area contributed by atoms with E-state index in [0.717, 1.165) is 25.7 Å². The van der Waals surface area contributed by atoms with E-state index in [4.69, 9.17) is 5.73 Å². The van der Waals surface area contributed by atoms with E-state index in [9.17, 15) is 9.90 Å². The highest BCUT2D eigenvalue weighted by Crippen LogP contribution is 2.31. The number of carbonyl (C=O) groups excluding carboxylic acids is 1. The van der Waals surface area contributed by atoms with Crippen molar-refractivity contribution >= 4 is 11.6 Å². The summed E-state index contributed by atoms with van der Waals surface area (Å²) in [6, 6.07) is 0. The van der Waals surface area contributed by atoms with Crippen LogP contribution in [-0.2, 0) is 11.3 Å². The van der Waals surface area contributed by atoms with E-state index in [1.165, 1.54) is 10.9 Å². The zero-order chi connectivity index (χ0) is 13.9. The molecular formula is C13H22N4O2. The average Bonchev–Trinajstić information content (AvgIpc) is 2.74. The lowest BCUT2D eigenvalue weighted by molar-refractivity contribution is -0.125. The van der Waals surface area contributed by atoms with Crippen molar-refractivity contribution < 1.29 is 9.90 Å². The van der Waals surface area contributed by atoms with E-state index in [1.807, 2.05) is 0 Å². The van der Waals surface area contributed by atoms with Crippen LogP contribution in [0.4, 0.5) is 5.69 Å². The van der Waals surface area contributed by atoms with Gasteiger partial charge in [0.1, 0.15) is 6.54 Å². The molecule has 2 rings (SSSR count). The third kappa shape index (κ3) is 3.47. The molecule has 2 unspecified atom stereocenters. The molecule has 0 radical (unpaired) electrons. The van der Waals surface area contributed by atoms with Crippen LogP contribution < -0.4 is 11.1 Å². The minimum atomic E-state index is -0.465. The van der Waals surface area contributed by atoms with Gasteiger partial charge in [-0.2, -0.15) is 5.10 Å². The molecule has 1 aromatic rings. The summed E-state index contributed by atoms with van der Waals surface area (Å²) in [6.07, 6.45) is 6.99. The van der Waals surface area contributed by atoms with Crippen LogP contribution in [0.15, 0.2) is 12.4 Å². The first-order valence-corrected chi connectivity index (χ1v) is 6.73. The topological polar surface area (TPSA) is 93.2 Å². The predicted molar refractivity (Wildman–Crippen MR) is 72.2 cm³/mol. The smallest absolute Gasteiger partial charge is 0.242 e. The van der Waals surface area contributed by atoms with Crippen LogP contribution in [0, 0.1) is 5.92 Å². The number of nitrogens with one attached hydrogen (secondary N) is 1. The molecule has 0 aliphatic heterocycles. The van der Waals surface area contributed by atoms with Crippen molar-refractivity contribution in [2.75, 3.05) is 12.3 Å². The van der Waals surface area contributed by atoms with Gasteiger partial charge in [0.2, 0.25) is 5.91 Å². The number of rotatable bonds is 4. The number of amides is 1. The number of aromatic nitrogens is 2. The Morgan fingerprint density at radius 1 is 1.74 bits per heavy atom. The zero-order valence-corrected chi connectivity index (χ0v) is 11.3. The molecule has 6 heteroatoms. The first kappa shape index (κ1) is 13.9. The molecule has 1 amide bonds. The summed E-state index contributed by atoms with van der Waals surface area (Å²) in [5.74, 6) is 0.396. The highest BCUT2D eigenvalue weighted by molar-refractivity contribution is 5.76. The SMILES string of the molecule is CC1CCCC(CO)(NC(=O)Cn2cc(N)cn2)C1. The molecule has 19 heavy (non-hydrogen) atoms. The standard InChI is InChI=1S/C13H22N4O2/c1-10-3-2-4-13(5-10,9-18)16-12(19)8-17-7-11(14)6-15-17/h6-7,10,18H,2-5,8-9,14H2,1H3,(H,16,19). The van der Waals surface area contributed by atoms with Crippen molar-refractivity contribution in [2.24, 2.45) is 5.92 Å². The van der Waals surface area contributed by atoms with Crippen molar-refractivity contribution in [1.29, 1.82) is 0 Å². The fraction of sp³-hybridized carbons (Fsp3) is 0.692. The quantitative estimate of drug-likeness (QED) is 0.740. The van der Waals surface area contributed by atoms with Crippen molar-refractivity contribution in [3.63, 3.8) is 0 Å². The van der Waals surface area contributed by atoms with Crippen molar-refractivity contribution in [2.45, 2.75) is 44.7 Å². The Balaban J connectivity index is 1.96. The first-order valence-electron chi connectivity index (χ1n) is 6.73. The minimum absolute atomic E-state index is 0.00960. The maximum Gasteiger partial charge on any atom is 0.242 e. The fourth-order valence-corrected chi connectivity index (χ4v) is 2.91. The first-order chi connectivity index (χ1) is 9.03. The van der Waals surface area contributed by atoms with Gasteiger partial charge in [0.25, 0.3) is 0 Å². The highest BCUT2D eigenvalue weighted by atomic mass is 16.3. The number of aliphatic hydroxyl groups excluding tert-OH is 1. The largest absolute Gasteiger partial charge is 0.396 e. The predicted octanol–water partition coefficient (Wildman–Crippen LogP) is 0.523. The van der Waals surface area contributed by atoms with Crippen LogP contribution >= 0.6 is 0 Å². The van der Waals surface area contributed by atoms with Gasteiger partial charge < -0.3 is 16.2 Å². The maximum absolute atomic E-state index is 12.0. The van der Waals surface area contributed by atoms with Gasteiger partial charge in [-0.05, 0) is 18.8 Å². The summed E-state index contributed by atoms with van der Waals surface area (Å²) >= 11 is 0. The van der Waals surface area contributed by atoms with Gasteiger partial charge in [0.05, 0.1) is 24.0 Å². The Bertz CT molecular complexity index is 446. The third-order valence-corrected chi connectivity index (χ3v) is 3.76. The zero-order valence-electron chi connectivity index (χ0n) is 11.3. The van der Waals surface area contributed by atoms with Crippen LogP contribution in [0.3, 0.4) is 0 Å². The molecule has 0 aromatic carbocycles. The second kappa shape index (κ2) is 5.61. The molecule has 0 saturated heterocycles. The summed E-state index contributed by atoms with van der Waals surface area (Å²) in [7, 11) is 0. The lowest BCUT2D eigenvalue weighted by Crippen LogP contribution is -2.54.